The summed E-state index contributed by atoms with van der Waals surface area (Å²) in [4.78, 5) is 0. The van der Waals surface area contributed by atoms with Gasteiger partial charge in [-0.3, -0.25) is 0 Å². The molecule has 0 saturated carbocycles. The van der Waals surface area contributed by atoms with Gasteiger partial charge in [-0.2, -0.15) is 0 Å². The van der Waals surface area contributed by atoms with Crippen LogP contribution in [0.1, 0.15) is 22.8 Å². The van der Waals surface area contributed by atoms with Crippen LogP contribution < -0.4 is 0 Å². The van der Waals surface area contributed by atoms with Gasteiger partial charge in [-0.05, 0) is 34.2 Å². The molecule has 1 aliphatic rings. The molecule has 0 saturated heterocycles. The predicted octanol–water partition coefficient (Wildman–Crippen LogP) is 0.242. The van der Waals surface area contributed by atoms with Gasteiger partial charge in [0.15, 0.2) is 0 Å². The van der Waals surface area contributed by atoms with E-state index >= 15 is 0 Å². The molecule has 0 aromatic heterocycles. The Balaban J connectivity index is 1.85. The fourth-order valence-corrected chi connectivity index (χ4v) is 3.92. The molecule has 0 radical (unpaired) electrons. The molecule has 30 heavy (non-hydrogen) atoms. The van der Waals surface area contributed by atoms with E-state index in [-0.39, 0.29) is 13.2 Å². The first kappa shape index (κ1) is 22.8. The molecule has 0 fully saturated rings. The molecule has 2 aromatic rings. The Hall–Kier alpha value is -1.84. The number of aliphatic hydroxyl groups is 6. The highest BCUT2D eigenvalue weighted by atomic mass is 16.5. The molecule has 1 unspecified atom stereocenters. The first-order chi connectivity index (χ1) is 14.5. The van der Waals surface area contributed by atoms with Gasteiger partial charge in [-0.25, -0.2) is 0 Å². The molecule has 2 aromatic carbocycles. The number of hydrogen-bond donors (Lipinski definition) is 6. The minimum atomic E-state index is -1.39. The van der Waals surface area contributed by atoms with Crippen molar-refractivity contribution in [3.63, 3.8) is 0 Å². The average Bonchev–Trinajstić information content (AvgIpc) is 3.18. The Morgan fingerprint density at radius 1 is 0.767 bits per heavy atom. The van der Waals surface area contributed by atoms with Crippen molar-refractivity contribution in [1.29, 1.82) is 0 Å². The van der Waals surface area contributed by atoms with Crippen molar-refractivity contribution >= 4 is 0 Å². The van der Waals surface area contributed by atoms with Crippen LogP contribution in [-0.4, -0.2) is 76.9 Å². The molecule has 1 aliphatic carbocycles. The number of rotatable bonds is 11. The van der Waals surface area contributed by atoms with Crippen molar-refractivity contribution < 1.29 is 35.4 Å². The van der Waals surface area contributed by atoms with E-state index in [0.717, 1.165) is 22.3 Å². The van der Waals surface area contributed by atoms with E-state index in [2.05, 4.69) is 0 Å². The molecule has 3 rings (SSSR count). The summed E-state index contributed by atoms with van der Waals surface area (Å²) in [5.74, 6) is 0. The molecular formula is C23H30O7. The minimum Gasteiger partial charge on any atom is -0.396 e. The number of fused-ring (bicyclic) bond motifs is 3. The molecule has 0 bridgehead atoms. The van der Waals surface area contributed by atoms with Crippen LogP contribution in [0.2, 0.25) is 0 Å². The lowest BCUT2D eigenvalue weighted by atomic mass is 9.78. The Kier molecular flexibility index (Phi) is 7.26. The van der Waals surface area contributed by atoms with Gasteiger partial charge in [0, 0.05) is 0 Å². The SMILES string of the molecule is OCC(CO)(CO)COCC(CO)(CO)C(O)c1cccc2c1Cc1ccccc1-2. The fourth-order valence-electron chi connectivity index (χ4n) is 3.92. The third-order valence-corrected chi connectivity index (χ3v) is 6.20. The summed E-state index contributed by atoms with van der Waals surface area (Å²) < 4.78 is 5.58. The third kappa shape index (κ3) is 4.02. The summed E-state index contributed by atoms with van der Waals surface area (Å²) >= 11 is 0. The molecule has 0 amide bonds. The van der Waals surface area contributed by atoms with Crippen molar-refractivity contribution in [3.05, 3.63) is 59.2 Å². The van der Waals surface area contributed by atoms with Gasteiger partial charge in [0.1, 0.15) is 0 Å². The molecule has 0 aliphatic heterocycles. The van der Waals surface area contributed by atoms with Crippen LogP contribution in [-0.2, 0) is 11.2 Å². The maximum absolute atomic E-state index is 11.2. The summed E-state index contributed by atoms with van der Waals surface area (Å²) in [5, 5.41) is 59.7. The largest absolute Gasteiger partial charge is 0.396 e. The van der Waals surface area contributed by atoms with E-state index in [4.69, 9.17) is 4.74 Å². The normalized spacial score (nSPS) is 14.5. The molecule has 0 spiro atoms. The highest BCUT2D eigenvalue weighted by Crippen LogP contribution is 2.43. The Morgan fingerprint density at radius 2 is 1.40 bits per heavy atom. The Morgan fingerprint density at radius 3 is 2.03 bits per heavy atom. The van der Waals surface area contributed by atoms with Gasteiger partial charge in [0.05, 0.1) is 63.2 Å². The molecular weight excluding hydrogens is 388 g/mol. The monoisotopic (exact) mass is 418 g/mol. The summed E-state index contributed by atoms with van der Waals surface area (Å²) in [6.45, 7) is -2.95. The highest BCUT2D eigenvalue weighted by molar-refractivity contribution is 5.78. The second-order valence-electron chi connectivity index (χ2n) is 8.26. The first-order valence-electron chi connectivity index (χ1n) is 10.00. The van der Waals surface area contributed by atoms with Crippen molar-refractivity contribution in [1.82, 2.24) is 0 Å². The van der Waals surface area contributed by atoms with Crippen LogP contribution in [0.25, 0.3) is 11.1 Å². The quantitative estimate of drug-likeness (QED) is 0.263. The lowest BCUT2D eigenvalue weighted by molar-refractivity contribution is -0.128. The van der Waals surface area contributed by atoms with Crippen LogP contribution in [0.5, 0.6) is 0 Å². The Labute approximate surface area is 175 Å². The molecule has 7 nitrogen and oxygen atoms in total. The molecule has 6 N–H and O–H groups in total. The van der Waals surface area contributed by atoms with Crippen molar-refractivity contribution in [2.75, 3.05) is 46.2 Å². The second kappa shape index (κ2) is 9.53. The third-order valence-electron chi connectivity index (χ3n) is 6.20. The van der Waals surface area contributed by atoms with E-state index in [1.807, 2.05) is 36.4 Å². The summed E-state index contributed by atoms with van der Waals surface area (Å²) in [6, 6.07) is 13.6. The van der Waals surface area contributed by atoms with E-state index in [1.165, 1.54) is 0 Å². The number of ether oxygens (including phenoxy) is 1. The second-order valence-corrected chi connectivity index (χ2v) is 8.26. The van der Waals surface area contributed by atoms with Crippen LogP contribution in [0.15, 0.2) is 42.5 Å². The topological polar surface area (TPSA) is 131 Å². The molecule has 0 heterocycles. The lowest BCUT2D eigenvalue weighted by Gasteiger charge is -2.37. The zero-order valence-corrected chi connectivity index (χ0v) is 16.9. The molecule has 1 atom stereocenters. The summed E-state index contributed by atoms with van der Waals surface area (Å²) in [6.07, 6.45) is -0.557. The van der Waals surface area contributed by atoms with Crippen molar-refractivity contribution in [2.24, 2.45) is 10.8 Å². The van der Waals surface area contributed by atoms with Gasteiger partial charge in [-0.15, -0.1) is 0 Å². The zero-order chi connectivity index (χ0) is 21.8. The smallest absolute Gasteiger partial charge is 0.0915 e. The molecule has 164 valence electrons. The number of benzene rings is 2. The standard InChI is InChI=1S/C23H30O7/c24-9-22(10-25,11-26)14-30-15-23(12-27,13-28)21(29)19-7-3-6-18-17-5-2-1-4-16(17)8-20(18)19/h1-7,21,24-29H,8-15H2. The van der Waals surface area contributed by atoms with Crippen molar-refractivity contribution in [2.45, 2.75) is 12.5 Å². The van der Waals surface area contributed by atoms with Gasteiger partial charge in [0.2, 0.25) is 0 Å². The van der Waals surface area contributed by atoms with Crippen LogP contribution in [0.3, 0.4) is 0 Å². The Bertz CT molecular complexity index is 835. The summed E-state index contributed by atoms with van der Waals surface area (Å²) in [7, 11) is 0. The van der Waals surface area contributed by atoms with Gasteiger partial charge in [-0.1, -0.05) is 42.5 Å². The first-order valence-corrected chi connectivity index (χ1v) is 10.00. The lowest BCUT2D eigenvalue weighted by Crippen LogP contribution is -2.44. The zero-order valence-electron chi connectivity index (χ0n) is 16.9. The highest BCUT2D eigenvalue weighted by Gasteiger charge is 2.41. The number of aliphatic hydroxyl groups excluding tert-OH is 6. The van der Waals surface area contributed by atoms with Gasteiger partial charge >= 0.3 is 0 Å². The summed E-state index contributed by atoms with van der Waals surface area (Å²) in [5.41, 5.74) is 2.22. The van der Waals surface area contributed by atoms with E-state index < -0.39 is 50.0 Å². The van der Waals surface area contributed by atoms with Crippen LogP contribution in [0.4, 0.5) is 0 Å². The predicted molar refractivity (Wildman–Crippen MR) is 111 cm³/mol. The average molecular weight is 418 g/mol. The van der Waals surface area contributed by atoms with E-state index in [0.29, 0.717) is 12.0 Å². The fraction of sp³-hybridized carbons (Fsp3) is 0.478. The van der Waals surface area contributed by atoms with E-state index in [1.54, 1.807) is 6.07 Å². The minimum absolute atomic E-state index is 0.191. The van der Waals surface area contributed by atoms with Gasteiger partial charge in [0.25, 0.3) is 0 Å². The maximum atomic E-state index is 11.2. The molecule has 7 heteroatoms. The van der Waals surface area contributed by atoms with E-state index in [9.17, 15) is 30.6 Å². The van der Waals surface area contributed by atoms with Crippen LogP contribution in [0, 0.1) is 10.8 Å². The van der Waals surface area contributed by atoms with Crippen LogP contribution >= 0.6 is 0 Å². The maximum Gasteiger partial charge on any atom is 0.0915 e. The van der Waals surface area contributed by atoms with Crippen molar-refractivity contribution in [3.8, 4) is 11.1 Å². The van der Waals surface area contributed by atoms with Gasteiger partial charge < -0.3 is 35.4 Å². The number of hydrogen-bond acceptors (Lipinski definition) is 7.